The van der Waals surface area contributed by atoms with Crippen molar-refractivity contribution in [2.45, 2.75) is 33.1 Å². The molecule has 1 heteroatoms. The summed E-state index contributed by atoms with van der Waals surface area (Å²) in [6, 6.07) is 2.22. The van der Waals surface area contributed by atoms with Crippen LogP contribution in [0.15, 0.2) is 12.3 Å². The van der Waals surface area contributed by atoms with Crippen LogP contribution in [0.1, 0.15) is 31.5 Å². The number of nitrogens with one attached hydrogen (secondary N) is 1. The van der Waals surface area contributed by atoms with Crippen LogP contribution in [0.25, 0.3) is 0 Å². The molecule has 1 aliphatic rings. The lowest BCUT2D eigenvalue weighted by atomic mass is 9.77. The fourth-order valence-electron chi connectivity index (χ4n) is 1.90. The number of hydrogen-bond donors (Lipinski definition) is 1. The van der Waals surface area contributed by atoms with Gasteiger partial charge in [-0.15, -0.1) is 0 Å². The monoisotopic (exact) mass is 149 g/mol. The molecule has 0 atom stereocenters. The van der Waals surface area contributed by atoms with Gasteiger partial charge in [-0.3, -0.25) is 0 Å². The Balaban J connectivity index is 2.32. The molecule has 0 saturated carbocycles. The number of rotatable bonds is 0. The highest BCUT2D eigenvalue weighted by Crippen LogP contribution is 2.33. The SMILES string of the molecule is CC1(C)CCc2[nH]ccc2C1. The molecule has 1 heterocycles. The Bertz CT molecular complexity index is 258. The van der Waals surface area contributed by atoms with Crippen molar-refractivity contribution in [1.82, 2.24) is 4.98 Å². The van der Waals surface area contributed by atoms with E-state index in [1.54, 1.807) is 0 Å². The smallest absolute Gasteiger partial charge is 0.0180 e. The maximum atomic E-state index is 3.30. The minimum absolute atomic E-state index is 0.523. The number of aromatic nitrogens is 1. The van der Waals surface area contributed by atoms with Crippen molar-refractivity contribution in [2.75, 3.05) is 0 Å². The highest BCUT2D eigenvalue weighted by molar-refractivity contribution is 5.24. The molecular formula is C10H15N. The van der Waals surface area contributed by atoms with Crippen molar-refractivity contribution < 1.29 is 0 Å². The topological polar surface area (TPSA) is 15.8 Å². The predicted octanol–water partition coefficient (Wildman–Crippen LogP) is 2.53. The van der Waals surface area contributed by atoms with Crippen LogP contribution in [0.3, 0.4) is 0 Å². The maximum absolute atomic E-state index is 3.30. The molecule has 0 spiro atoms. The summed E-state index contributed by atoms with van der Waals surface area (Å²) < 4.78 is 0. The molecule has 1 aromatic rings. The zero-order chi connectivity index (χ0) is 7.90. The van der Waals surface area contributed by atoms with Gasteiger partial charge in [-0.25, -0.2) is 0 Å². The van der Waals surface area contributed by atoms with Crippen LogP contribution in [0.2, 0.25) is 0 Å². The van der Waals surface area contributed by atoms with Crippen LogP contribution < -0.4 is 0 Å². The minimum Gasteiger partial charge on any atom is -0.365 e. The molecule has 0 unspecified atom stereocenters. The fourth-order valence-corrected chi connectivity index (χ4v) is 1.90. The Kier molecular flexibility index (Phi) is 1.35. The van der Waals surface area contributed by atoms with E-state index in [0.717, 1.165) is 0 Å². The molecular weight excluding hydrogens is 134 g/mol. The third kappa shape index (κ3) is 1.20. The molecule has 60 valence electrons. The first-order chi connectivity index (χ1) is 5.17. The van der Waals surface area contributed by atoms with Gasteiger partial charge in [0, 0.05) is 11.9 Å². The summed E-state index contributed by atoms with van der Waals surface area (Å²) >= 11 is 0. The van der Waals surface area contributed by atoms with E-state index in [0.29, 0.717) is 5.41 Å². The van der Waals surface area contributed by atoms with Gasteiger partial charge in [-0.1, -0.05) is 13.8 Å². The Labute approximate surface area is 67.8 Å². The summed E-state index contributed by atoms with van der Waals surface area (Å²) in [5, 5.41) is 0. The predicted molar refractivity (Wildman–Crippen MR) is 46.6 cm³/mol. The molecule has 1 N–H and O–H groups in total. The average molecular weight is 149 g/mol. The first-order valence-corrected chi connectivity index (χ1v) is 4.32. The lowest BCUT2D eigenvalue weighted by Gasteiger charge is -2.29. The van der Waals surface area contributed by atoms with Crippen LogP contribution >= 0.6 is 0 Å². The van der Waals surface area contributed by atoms with Crippen LogP contribution in [0.5, 0.6) is 0 Å². The van der Waals surface area contributed by atoms with E-state index >= 15 is 0 Å². The molecule has 11 heavy (non-hydrogen) atoms. The minimum atomic E-state index is 0.523. The standard InChI is InChI=1S/C10H15N/c1-10(2)5-3-9-8(7-10)4-6-11-9/h4,6,11H,3,5,7H2,1-2H3. The van der Waals surface area contributed by atoms with Gasteiger partial charge < -0.3 is 4.98 Å². The highest BCUT2D eigenvalue weighted by Gasteiger charge is 2.25. The molecule has 0 saturated heterocycles. The largest absolute Gasteiger partial charge is 0.365 e. The molecule has 1 aromatic heterocycles. The molecule has 0 aliphatic heterocycles. The van der Waals surface area contributed by atoms with Crippen LogP contribution in [0, 0.1) is 5.41 Å². The third-order valence-electron chi connectivity index (χ3n) is 2.65. The van der Waals surface area contributed by atoms with Gasteiger partial charge in [0.25, 0.3) is 0 Å². The quantitative estimate of drug-likeness (QED) is 0.583. The lowest BCUT2D eigenvalue weighted by molar-refractivity contribution is 0.314. The van der Waals surface area contributed by atoms with Gasteiger partial charge in [0.2, 0.25) is 0 Å². The third-order valence-corrected chi connectivity index (χ3v) is 2.65. The van der Waals surface area contributed by atoms with Crippen LogP contribution in [-0.2, 0) is 12.8 Å². The van der Waals surface area contributed by atoms with Gasteiger partial charge in [-0.2, -0.15) is 0 Å². The Morgan fingerprint density at radius 2 is 2.27 bits per heavy atom. The summed E-state index contributed by atoms with van der Waals surface area (Å²) in [4.78, 5) is 3.30. The molecule has 0 amide bonds. The summed E-state index contributed by atoms with van der Waals surface area (Å²) in [6.45, 7) is 4.70. The zero-order valence-electron chi connectivity index (χ0n) is 7.28. The van der Waals surface area contributed by atoms with Crippen molar-refractivity contribution in [3.63, 3.8) is 0 Å². The van der Waals surface area contributed by atoms with Crippen LogP contribution in [-0.4, -0.2) is 4.98 Å². The van der Waals surface area contributed by atoms with Crippen molar-refractivity contribution in [2.24, 2.45) is 5.41 Å². The van der Waals surface area contributed by atoms with E-state index in [2.05, 4.69) is 31.1 Å². The molecule has 0 bridgehead atoms. The van der Waals surface area contributed by atoms with Gasteiger partial charge >= 0.3 is 0 Å². The average Bonchev–Trinajstić information content (AvgIpc) is 2.31. The Morgan fingerprint density at radius 3 is 3.09 bits per heavy atom. The van der Waals surface area contributed by atoms with E-state index in [4.69, 9.17) is 0 Å². The number of H-pyrrole nitrogens is 1. The Hall–Kier alpha value is -0.720. The summed E-state index contributed by atoms with van der Waals surface area (Å²) in [5.41, 5.74) is 3.51. The molecule has 0 aromatic carbocycles. The van der Waals surface area contributed by atoms with Gasteiger partial charge in [0.1, 0.15) is 0 Å². The molecule has 1 nitrogen and oxygen atoms in total. The zero-order valence-corrected chi connectivity index (χ0v) is 7.28. The number of aryl methyl sites for hydroxylation is 1. The van der Waals surface area contributed by atoms with Crippen molar-refractivity contribution in [3.05, 3.63) is 23.5 Å². The first kappa shape index (κ1) is 6.96. The van der Waals surface area contributed by atoms with Gasteiger partial charge in [0.05, 0.1) is 0 Å². The van der Waals surface area contributed by atoms with Crippen molar-refractivity contribution in [3.8, 4) is 0 Å². The van der Waals surface area contributed by atoms with Gasteiger partial charge in [-0.05, 0) is 36.3 Å². The van der Waals surface area contributed by atoms with E-state index in [-0.39, 0.29) is 0 Å². The first-order valence-electron chi connectivity index (χ1n) is 4.32. The van der Waals surface area contributed by atoms with E-state index in [9.17, 15) is 0 Å². The second-order valence-electron chi connectivity index (χ2n) is 4.32. The van der Waals surface area contributed by atoms with Crippen molar-refractivity contribution in [1.29, 1.82) is 0 Å². The van der Waals surface area contributed by atoms with E-state index < -0.39 is 0 Å². The number of hydrogen-bond acceptors (Lipinski definition) is 0. The summed E-state index contributed by atoms with van der Waals surface area (Å²) in [6.07, 6.45) is 5.85. The lowest BCUT2D eigenvalue weighted by Crippen LogP contribution is -2.21. The molecule has 2 rings (SSSR count). The summed E-state index contributed by atoms with van der Waals surface area (Å²) in [7, 11) is 0. The second-order valence-corrected chi connectivity index (χ2v) is 4.32. The number of fused-ring (bicyclic) bond motifs is 1. The normalized spacial score (nSPS) is 21.3. The van der Waals surface area contributed by atoms with Gasteiger partial charge in [0.15, 0.2) is 0 Å². The van der Waals surface area contributed by atoms with E-state index in [1.807, 2.05) is 0 Å². The number of aromatic amines is 1. The summed E-state index contributed by atoms with van der Waals surface area (Å²) in [5.74, 6) is 0. The molecule has 1 aliphatic carbocycles. The second kappa shape index (κ2) is 2.13. The van der Waals surface area contributed by atoms with Crippen molar-refractivity contribution >= 4 is 0 Å². The molecule has 0 fully saturated rings. The highest BCUT2D eigenvalue weighted by atomic mass is 14.7. The Morgan fingerprint density at radius 1 is 1.45 bits per heavy atom. The fraction of sp³-hybridized carbons (Fsp3) is 0.600. The molecule has 0 radical (unpaired) electrons. The van der Waals surface area contributed by atoms with Crippen LogP contribution in [0.4, 0.5) is 0 Å². The maximum Gasteiger partial charge on any atom is 0.0180 e. The van der Waals surface area contributed by atoms with E-state index in [1.165, 1.54) is 30.5 Å².